The molecule has 0 aliphatic heterocycles. The second-order valence-electron chi connectivity index (χ2n) is 6.39. The van der Waals surface area contributed by atoms with Crippen molar-refractivity contribution in [3.63, 3.8) is 0 Å². The maximum Gasteiger partial charge on any atom is 0.311 e. The van der Waals surface area contributed by atoms with Crippen LogP contribution in [0.5, 0.6) is 5.75 Å². The molecule has 6 nitrogen and oxygen atoms in total. The Morgan fingerprint density at radius 1 is 1.11 bits per heavy atom. The normalized spacial score (nSPS) is 10.6. The molecule has 0 aliphatic carbocycles. The predicted molar refractivity (Wildman–Crippen MR) is 98.9 cm³/mol. The van der Waals surface area contributed by atoms with Crippen molar-refractivity contribution in [2.24, 2.45) is 0 Å². The van der Waals surface area contributed by atoms with Gasteiger partial charge < -0.3 is 9.26 Å². The summed E-state index contributed by atoms with van der Waals surface area (Å²) in [6, 6.07) is 16.6. The minimum Gasteiger partial charge on any atom is -0.427 e. The monoisotopic (exact) mass is 361 g/mol. The van der Waals surface area contributed by atoms with Gasteiger partial charge in [-0.25, -0.2) is 0 Å². The molecule has 2 aromatic carbocycles. The van der Waals surface area contributed by atoms with Gasteiger partial charge in [-0.3, -0.25) is 4.79 Å². The number of nitriles is 1. The minimum absolute atomic E-state index is 0.164. The first kappa shape index (κ1) is 18.3. The molecule has 0 radical (unpaired) electrons. The summed E-state index contributed by atoms with van der Waals surface area (Å²) in [5.74, 6) is 1.38. The molecule has 0 saturated carbocycles. The Morgan fingerprint density at radius 2 is 1.74 bits per heavy atom. The number of carbonyl (C=O) groups is 1. The van der Waals surface area contributed by atoms with E-state index in [1.54, 1.807) is 24.3 Å². The van der Waals surface area contributed by atoms with Gasteiger partial charge in [-0.2, -0.15) is 10.2 Å². The van der Waals surface area contributed by atoms with Gasteiger partial charge >= 0.3 is 5.97 Å². The zero-order valence-electron chi connectivity index (χ0n) is 15.2. The molecule has 0 spiro atoms. The molecule has 0 bridgehead atoms. The van der Waals surface area contributed by atoms with Gasteiger partial charge in [-0.15, -0.1) is 0 Å². The summed E-state index contributed by atoms with van der Waals surface area (Å²) in [5.41, 5.74) is 2.58. The molecule has 3 rings (SSSR count). The van der Waals surface area contributed by atoms with E-state index in [2.05, 4.69) is 16.2 Å². The van der Waals surface area contributed by atoms with Crippen LogP contribution < -0.4 is 4.74 Å². The zero-order chi connectivity index (χ0) is 19.2. The van der Waals surface area contributed by atoms with E-state index in [9.17, 15) is 4.79 Å². The van der Waals surface area contributed by atoms with Crippen LogP contribution in [0.4, 0.5) is 0 Å². The van der Waals surface area contributed by atoms with Crippen LogP contribution in [0.15, 0.2) is 53.1 Å². The van der Waals surface area contributed by atoms with Crippen LogP contribution in [0.2, 0.25) is 0 Å². The number of carbonyl (C=O) groups excluding carboxylic acids is 1. The molecule has 0 aliphatic rings. The van der Waals surface area contributed by atoms with Crippen molar-refractivity contribution in [2.75, 3.05) is 0 Å². The van der Waals surface area contributed by atoms with E-state index in [0.29, 0.717) is 29.4 Å². The molecule has 1 aromatic heterocycles. The molecule has 0 atom stereocenters. The van der Waals surface area contributed by atoms with E-state index >= 15 is 0 Å². The number of benzene rings is 2. The molecular weight excluding hydrogens is 342 g/mol. The Balaban J connectivity index is 1.55. The lowest BCUT2D eigenvalue weighted by Gasteiger charge is -2.06. The van der Waals surface area contributed by atoms with E-state index in [4.69, 9.17) is 14.5 Å². The van der Waals surface area contributed by atoms with Crippen LogP contribution in [-0.4, -0.2) is 16.1 Å². The third-order valence-corrected chi connectivity index (χ3v) is 3.98. The number of esters is 1. The fourth-order valence-electron chi connectivity index (χ4n) is 2.45. The first-order valence-corrected chi connectivity index (χ1v) is 8.69. The summed E-state index contributed by atoms with van der Waals surface area (Å²) < 4.78 is 10.5. The maximum absolute atomic E-state index is 12.0. The van der Waals surface area contributed by atoms with Crippen LogP contribution in [0, 0.1) is 11.3 Å². The molecule has 0 saturated heterocycles. The lowest BCUT2D eigenvalue weighted by molar-refractivity contribution is -0.134. The highest BCUT2D eigenvalue weighted by Crippen LogP contribution is 2.23. The molecule has 1 heterocycles. The van der Waals surface area contributed by atoms with Gasteiger partial charge in [0.05, 0.1) is 18.1 Å². The number of nitrogens with zero attached hydrogens (tertiary/aromatic N) is 3. The Morgan fingerprint density at radius 3 is 2.30 bits per heavy atom. The minimum atomic E-state index is -0.356. The third kappa shape index (κ3) is 4.79. The quantitative estimate of drug-likeness (QED) is 0.481. The summed E-state index contributed by atoms with van der Waals surface area (Å²) in [5, 5.41) is 12.7. The van der Waals surface area contributed by atoms with Crippen molar-refractivity contribution >= 4 is 5.97 Å². The van der Waals surface area contributed by atoms with Crippen LogP contribution in [0.1, 0.15) is 43.5 Å². The SMILES string of the molecule is CC(C)c1noc(CCC(=O)Oc2ccc(-c3ccc(C#N)cc3)cc2)n1. The molecule has 6 heteroatoms. The summed E-state index contributed by atoms with van der Waals surface area (Å²) in [6.45, 7) is 3.95. The van der Waals surface area contributed by atoms with Crippen molar-refractivity contribution in [1.82, 2.24) is 10.1 Å². The first-order chi connectivity index (χ1) is 13.0. The Hall–Kier alpha value is -3.46. The molecule has 0 amide bonds. The molecule has 0 fully saturated rings. The van der Waals surface area contributed by atoms with Crippen molar-refractivity contribution in [2.45, 2.75) is 32.6 Å². The van der Waals surface area contributed by atoms with Gasteiger partial charge in [-0.1, -0.05) is 43.3 Å². The summed E-state index contributed by atoms with van der Waals surface area (Å²) in [6.07, 6.45) is 0.513. The molecule has 136 valence electrons. The lowest BCUT2D eigenvalue weighted by atomic mass is 10.0. The molecular formula is C21H19N3O3. The van der Waals surface area contributed by atoms with Crippen LogP contribution >= 0.6 is 0 Å². The van der Waals surface area contributed by atoms with Crippen molar-refractivity contribution in [3.8, 4) is 22.9 Å². The summed E-state index contributed by atoms with van der Waals surface area (Å²) in [4.78, 5) is 16.2. The van der Waals surface area contributed by atoms with Gasteiger partial charge in [-0.05, 0) is 35.4 Å². The standard InChI is InChI=1S/C21H19N3O3/c1-14(2)21-23-19(27-24-21)11-12-20(25)26-18-9-7-17(8-10-18)16-5-3-15(13-22)4-6-16/h3-10,14H,11-12H2,1-2H3. The predicted octanol–water partition coefficient (Wildman–Crippen LogP) is 4.27. The van der Waals surface area contributed by atoms with Gasteiger partial charge in [0.1, 0.15) is 5.75 Å². The lowest BCUT2D eigenvalue weighted by Crippen LogP contribution is -2.09. The largest absolute Gasteiger partial charge is 0.427 e. The topological polar surface area (TPSA) is 89.0 Å². The fourth-order valence-corrected chi connectivity index (χ4v) is 2.45. The van der Waals surface area contributed by atoms with E-state index < -0.39 is 0 Å². The Kier molecular flexibility index (Phi) is 5.62. The van der Waals surface area contributed by atoms with Crippen LogP contribution in [0.3, 0.4) is 0 Å². The van der Waals surface area contributed by atoms with Gasteiger partial charge in [0.25, 0.3) is 0 Å². The van der Waals surface area contributed by atoms with Crippen molar-refractivity contribution < 1.29 is 14.1 Å². The van der Waals surface area contributed by atoms with E-state index in [1.165, 1.54) is 0 Å². The van der Waals surface area contributed by atoms with E-state index in [-0.39, 0.29) is 18.3 Å². The first-order valence-electron chi connectivity index (χ1n) is 8.69. The second-order valence-corrected chi connectivity index (χ2v) is 6.39. The second kappa shape index (κ2) is 8.28. The fraction of sp³-hybridized carbons (Fsp3) is 0.238. The van der Waals surface area contributed by atoms with Gasteiger partial charge in [0.15, 0.2) is 5.82 Å². The molecule has 3 aromatic rings. The summed E-state index contributed by atoms with van der Waals surface area (Å²) in [7, 11) is 0. The molecule has 27 heavy (non-hydrogen) atoms. The zero-order valence-corrected chi connectivity index (χ0v) is 15.2. The average Bonchev–Trinajstić information content (AvgIpc) is 3.17. The van der Waals surface area contributed by atoms with Gasteiger partial charge in [0, 0.05) is 12.3 Å². The van der Waals surface area contributed by atoms with E-state index in [0.717, 1.165) is 11.1 Å². The maximum atomic E-state index is 12.0. The highest BCUT2D eigenvalue weighted by Gasteiger charge is 2.12. The summed E-state index contributed by atoms with van der Waals surface area (Å²) >= 11 is 0. The average molecular weight is 361 g/mol. The number of aryl methyl sites for hydroxylation is 1. The van der Waals surface area contributed by atoms with Gasteiger partial charge in [0.2, 0.25) is 5.89 Å². The molecule has 0 unspecified atom stereocenters. The number of hydrogen-bond acceptors (Lipinski definition) is 6. The highest BCUT2D eigenvalue weighted by atomic mass is 16.5. The number of rotatable bonds is 6. The highest BCUT2D eigenvalue weighted by molar-refractivity contribution is 5.73. The molecule has 0 N–H and O–H groups in total. The van der Waals surface area contributed by atoms with Crippen molar-refractivity contribution in [3.05, 3.63) is 65.8 Å². The van der Waals surface area contributed by atoms with Crippen LogP contribution in [0.25, 0.3) is 11.1 Å². The Bertz CT molecular complexity index is 952. The Labute approximate surface area is 157 Å². The number of hydrogen-bond donors (Lipinski definition) is 0. The van der Waals surface area contributed by atoms with E-state index in [1.807, 2.05) is 38.1 Å². The number of ether oxygens (including phenoxy) is 1. The number of aromatic nitrogens is 2. The van der Waals surface area contributed by atoms with Crippen molar-refractivity contribution in [1.29, 1.82) is 5.26 Å². The third-order valence-electron chi connectivity index (χ3n) is 3.98. The smallest absolute Gasteiger partial charge is 0.311 e. The van der Waals surface area contributed by atoms with Crippen LogP contribution in [-0.2, 0) is 11.2 Å².